The van der Waals surface area contributed by atoms with Crippen LogP contribution in [0.1, 0.15) is 5.56 Å². The number of rotatable bonds is 1. The molecule has 0 saturated carbocycles. The first-order chi connectivity index (χ1) is 12.3. The van der Waals surface area contributed by atoms with Crippen molar-refractivity contribution in [3.63, 3.8) is 0 Å². The number of imidazole rings is 1. The monoisotopic (exact) mass is 320 g/mol. The van der Waals surface area contributed by atoms with Crippen molar-refractivity contribution in [3.8, 4) is 11.3 Å². The average Bonchev–Trinajstić information content (AvgIpc) is 3.20. The third kappa shape index (κ3) is 1.55. The molecule has 0 unspecified atom stereocenters. The number of hydrogen-bond donors (Lipinski definition) is 0. The van der Waals surface area contributed by atoms with Gasteiger partial charge >= 0.3 is 13.6 Å². The molecule has 5 heteroatoms. The molecule has 0 fully saturated rings. The lowest BCUT2D eigenvalue weighted by Crippen LogP contribution is -2.32. The average molecular weight is 320 g/mol. The van der Waals surface area contributed by atoms with Crippen molar-refractivity contribution in [1.29, 1.82) is 0 Å². The molecule has 0 N–H and O–H groups in total. The summed E-state index contributed by atoms with van der Waals surface area (Å²) in [6.45, 7) is 0.860. The molecule has 25 heavy (non-hydrogen) atoms. The number of fused-ring (bicyclic) bond motifs is 3. The zero-order valence-electron chi connectivity index (χ0n) is 13.4. The van der Waals surface area contributed by atoms with Crippen LogP contribution < -0.4 is 9.05 Å². The largest absolute Gasteiger partial charge is 0.586 e. The second-order valence-electron chi connectivity index (χ2n) is 6.51. The van der Waals surface area contributed by atoms with Crippen molar-refractivity contribution in [1.82, 2.24) is 9.38 Å². The highest BCUT2D eigenvalue weighted by molar-refractivity contribution is 6.10. The first-order valence-corrected chi connectivity index (χ1v) is 8.32. The molecule has 5 heterocycles. The molecular formula is C20H13BN4+2. The van der Waals surface area contributed by atoms with Crippen LogP contribution in [0.25, 0.3) is 38.8 Å². The van der Waals surface area contributed by atoms with E-state index in [0.29, 0.717) is 0 Å². The van der Waals surface area contributed by atoms with Crippen molar-refractivity contribution in [2.45, 2.75) is 6.54 Å². The normalized spacial score (nSPS) is 12.8. The summed E-state index contributed by atoms with van der Waals surface area (Å²) >= 11 is 0. The quantitative estimate of drug-likeness (QED) is 0.259. The Morgan fingerprint density at radius 3 is 2.80 bits per heavy atom. The second-order valence-corrected chi connectivity index (χ2v) is 6.51. The second kappa shape index (κ2) is 4.45. The van der Waals surface area contributed by atoms with Crippen molar-refractivity contribution in [2.24, 2.45) is 0 Å². The van der Waals surface area contributed by atoms with Crippen LogP contribution in [-0.2, 0) is 6.54 Å². The Bertz CT molecular complexity index is 1320. The van der Waals surface area contributed by atoms with Crippen LogP contribution in [0.3, 0.4) is 0 Å². The highest BCUT2D eigenvalue weighted by Crippen LogP contribution is 2.34. The molecule has 4 aromatic heterocycles. The smallest absolute Gasteiger partial charge is 0.284 e. The molecule has 1 aromatic carbocycles. The molecule has 1 aliphatic heterocycles. The van der Waals surface area contributed by atoms with Crippen molar-refractivity contribution in [2.75, 3.05) is 0 Å². The number of hydrogen-bond acceptors (Lipinski definition) is 1. The van der Waals surface area contributed by atoms with Gasteiger partial charge in [0.05, 0.1) is 0 Å². The van der Waals surface area contributed by atoms with Gasteiger partial charge in [-0.2, -0.15) is 4.40 Å². The Morgan fingerprint density at radius 2 is 1.92 bits per heavy atom. The lowest BCUT2D eigenvalue weighted by molar-refractivity contribution is -0.657. The Kier molecular flexibility index (Phi) is 2.34. The van der Waals surface area contributed by atoms with Gasteiger partial charge in [-0.3, -0.25) is 4.48 Å². The molecule has 0 bridgehead atoms. The topological polar surface area (TPSA) is 25.1 Å². The minimum Gasteiger partial charge on any atom is -0.284 e. The molecule has 6 rings (SSSR count). The Balaban J connectivity index is 1.95. The van der Waals surface area contributed by atoms with E-state index in [1.165, 1.54) is 27.9 Å². The summed E-state index contributed by atoms with van der Waals surface area (Å²) in [5.41, 5.74) is 7.83. The van der Waals surface area contributed by atoms with Gasteiger partial charge in [-0.1, -0.05) is 30.3 Å². The van der Waals surface area contributed by atoms with Crippen LogP contribution in [0.2, 0.25) is 0 Å². The Hall–Kier alpha value is -3.21. The van der Waals surface area contributed by atoms with Gasteiger partial charge in [0.25, 0.3) is 0 Å². The summed E-state index contributed by atoms with van der Waals surface area (Å²) in [4.78, 5) is 4.67. The van der Waals surface area contributed by atoms with E-state index in [2.05, 4.69) is 56.5 Å². The first-order valence-electron chi connectivity index (χ1n) is 8.32. The van der Waals surface area contributed by atoms with Crippen LogP contribution in [0, 0.1) is 0 Å². The lowest BCUT2D eigenvalue weighted by Gasteiger charge is -2.04. The Labute approximate surface area is 145 Å². The molecule has 0 aliphatic carbocycles. The highest BCUT2D eigenvalue weighted by Gasteiger charge is 2.34. The molecule has 0 saturated heterocycles. The summed E-state index contributed by atoms with van der Waals surface area (Å²) in [6.07, 6.45) is 5.99. The third-order valence-electron chi connectivity index (χ3n) is 5.14. The lowest BCUT2D eigenvalue weighted by atomic mass is 10.1. The van der Waals surface area contributed by atoms with E-state index in [-0.39, 0.29) is 0 Å². The standard InChI is InChI=1S/C20H13BN4/c21-24-10-8-14-11-23-12-16(13-5-2-1-3-6-13)25-15-7-4-9-22-18(15)19(24)17(14)20(23)25/h1-10,12H,11H2/q+2. The zero-order valence-corrected chi connectivity index (χ0v) is 13.4. The van der Waals surface area contributed by atoms with Gasteiger partial charge in [-0.15, -0.1) is 0 Å². The molecule has 4 nitrogen and oxygen atoms in total. The maximum Gasteiger partial charge on any atom is 0.586 e. The van der Waals surface area contributed by atoms with Crippen LogP contribution in [-0.4, -0.2) is 17.4 Å². The number of benzene rings is 1. The van der Waals surface area contributed by atoms with E-state index >= 15 is 0 Å². The molecule has 0 amide bonds. The van der Waals surface area contributed by atoms with E-state index in [1.807, 2.05) is 24.5 Å². The maximum absolute atomic E-state index is 6.28. The minimum absolute atomic E-state index is 0.860. The first kappa shape index (κ1) is 13.1. The van der Waals surface area contributed by atoms with E-state index in [4.69, 9.17) is 7.98 Å². The molecular weight excluding hydrogens is 307 g/mol. The summed E-state index contributed by atoms with van der Waals surface area (Å²) in [7, 11) is 6.28. The van der Waals surface area contributed by atoms with E-state index in [9.17, 15) is 0 Å². The fraction of sp³-hybridized carbons (Fsp3) is 0.0500. The molecule has 0 atom stereocenters. The fourth-order valence-electron chi connectivity index (χ4n) is 4.12. The van der Waals surface area contributed by atoms with E-state index < -0.39 is 0 Å². The van der Waals surface area contributed by atoms with Gasteiger partial charge in [0.1, 0.15) is 24.3 Å². The summed E-state index contributed by atoms with van der Waals surface area (Å²) in [6, 6.07) is 16.7. The van der Waals surface area contributed by atoms with Crippen LogP contribution in [0.15, 0.2) is 67.1 Å². The number of aromatic nitrogens is 4. The third-order valence-corrected chi connectivity index (χ3v) is 5.14. The van der Waals surface area contributed by atoms with Gasteiger partial charge in [-0.05, 0) is 12.1 Å². The molecule has 114 valence electrons. The predicted molar refractivity (Wildman–Crippen MR) is 96.3 cm³/mol. The van der Waals surface area contributed by atoms with Crippen molar-refractivity contribution in [3.05, 3.63) is 72.7 Å². The van der Waals surface area contributed by atoms with Crippen molar-refractivity contribution < 1.29 is 9.05 Å². The van der Waals surface area contributed by atoms with Gasteiger partial charge in [-0.25, -0.2) is 9.55 Å². The Morgan fingerprint density at radius 1 is 1.04 bits per heavy atom. The highest BCUT2D eigenvalue weighted by atomic mass is 15.1. The number of nitrogens with zero attached hydrogens (tertiary/aromatic N) is 4. The fourth-order valence-corrected chi connectivity index (χ4v) is 4.12. The molecule has 0 spiro atoms. The predicted octanol–water partition coefficient (Wildman–Crippen LogP) is 2.18. The van der Waals surface area contributed by atoms with Crippen molar-refractivity contribution >= 4 is 35.6 Å². The van der Waals surface area contributed by atoms with Crippen LogP contribution in [0.5, 0.6) is 0 Å². The van der Waals surface area contributed by atoms with E-state index in [0.717, 1.165) is 23.1 Å². The number of pyridine rings is 3. The molecule has 2 radical (unpaired) electrons. The van der Waals surface area contributed by atoms with Gasteiger partial charge in [0, 0.05) is 23.4 Å². The van der Waals surface area contributed by atoms with Gasteiger partial charge in [0.15, 0.2) is 16.7 Å². The molecule has 1 aliphatic rings. The summed E-state index contributed by atoms with van der Waals surface area (Å²) < 4.78 is 6.32. The van der Waals surface area contributed by atoms with Gasteiger partial charge in [0.2, 0.25) is 5.52 Å². The maximum atomic E-state index is 6.28. The summed E-state index contributed by atoms with van der Waals surface area (Å²) in [5.74, 6) is 0. The summed E-state index contributed by atoms with van der Waals surface area (Å²) in [5, 5.41) is 1.19. The van der Waals surface area contributed by atoms with E-state index in [1.54, 1.807) is 4.48 Å². The van der Waals surface area contributed by atoms with Gasteiger partial charge < -0.3 is 0 Å². The zero-order chi connectivity index (χ0) is 16.5. The SMILES string of the molecule is [B][n+]1ccc2c3c1c1ncccc1n1c(-c4ccccc4)c[n+](c31)C2. The van der Waals surface area contributed by atoms with Crippen LogP contribution >= 0.6 is 0 Å². The molecule has 5 aromatic rings. The minimum atomic E-state index is 0.860. The van der Waals surface area contributed by atoms with Crippen LogP contribution in [0.4, 0.5) is 0 Å².